The molecule has 2 aromatic rings. The number of rotatable bonds is 7. The number of benzene rings is 1. The van der Waals surface area contributed by atoms with Crippen LogP contribution in [0.2, 0.25) is 0 Å². The number of nitrogens with zero attached hydrogens (tertiary/aromatic N) is 3. The average molecular weight is 313 g/mol. The third kappa shape index (κ3) is 5.40. The number of amides is 1. The largest absolute Gasteiger partial charge is 0.484 e. The van der Waals surface area contributed by atoms with Gasteiger partial charge in [0.05, 0.1) is 12.5 Å². The second kappa shape index (κ2) is 8.49. The van der Waals surface area contributed by atoms with Gasteiger partial charge < -0.3 is 9.64 Å². The Hall–Kier alpha value is -2.94. The van der Waals surface area contributed by atoms with E-state index in [1.165, 1.54) is 24.3 Å². The molecule has 0 aliphatic carbocycles. The van der Waals surface area contributed by atoms with E-state index in [0.717, 1.165) is 5.56 Å². The van der Waals surface area contributed by atoms with E-state index in [0.29, 0.717) is 18.8 Å². The maximum absolute atomic E-state index is 12.8. The summed E-state index contributed by atoms with van der Waals surface area (Å²) < 4.78 is 18.2. The number of hydrogen-bond donors (Lipinski definition) is 0. The molecule has 0 radical (unpaired) electrons. The summed E-state index contributed by atoms with van der Waals surface area (Å²) in [5, 5.41) is 8.73. The van der Waals surface area contributed by atoms with Crippen molar-refractivity contribution in [3.8, 4) is 11.8 Å². The van der Waals surface area contributed by atoms with E-state index >= 15 is 0 Å². The van der Waals surface area contributed by atoms with E-state index in [9.17, 15) is 9.18 Å². The third-order valence-corrected chi connectivity index (χ3v) is 3.12. The molecule has 0 saturated heterocycles. The lowest BCUT2D eigenvalue weighted by Gasteiger charge is -2.21. The molecule has 6 heteroatoms. The molecule has 0 saturated carbocycles. The number of carbonyl (C=O) groups excluding carboxylic acids is 1. The van der Waals surface area contributed by atoms with E-state index in [2.05, 4.69) is 4.98 Å². The Balaban J connectivity index is 1.95. The Morgan fingerprint density at radius 2 is 2.09 bits per heavy atom. The van der Waals surface area contributed by atoms with E-state index in [1.54, 1.807) is 23.4 Å². The van der Waals surface area contributed by atoms with Crippen molar-refractivity contribution < 1.29 is 13.9 Å². The first-order chi connectivity index (χ1) is 11.2. The minimum absolute atomic E-state index is 0.169. The van der Waals surface area contributed by atoms with Crippen LogP contribution in [-0.4, -0.2) is 28.9 Å². The summed E-state index contributed by atoms with van der Waals surface area (Å²) in [4.78, 5) is 17.8. The quantitative estimate of drug-likeness (QED) is 0.788. The predicted octanol–water partition coefficient (Wildman–Crippen LogP) is 2.54. The van der Waals surface area contributed by atoms with Crippen molar-refractivity contribution >= 4 is 5.91 Å². The van der Waals surface area contributed by atoms with Crippen molar-refractivity contribution in [2.75, 3.05) is 13.2 Å². The van der Waals surface area contributed by atoms with Crippen molar-refractivity contribution in [3.63, 3.8) is 0 Å². The fourth-order valence-electron chi connectivity index (χ4n) is 1.96. The summed E-state index contributed by atoms with van der Waals surface area (Å²) in [5.74, 6) is -0.189. The number of halogens is 1. The second-order valence-corrected chi connectivity index (χ2v) is 4.83. The van der Waals surface area contributed by atoms with Crippen molar-refractivity contribution in [2.45, 2.75) is 13.0 Å². The molecule has 0 spiro atoms. The highest BCUT2D eigenvalue weighted by Crippen LogP contribution is 2.12. The predicted molar refractivity (Wildman–Crippen MR) is 81.8 cm³/mol. The smallest absolute Gasteiger partial charge is 0.260 e. The fourth-order valence-corrected chi connectivity index (χ4v) is 1.96. The van der Waals surface area contributed by atoms with Gasteiger partial charge in [-0.05, 0) is 35.9 Å². The highest BCUT2D eigenvalue weighted by Gasteiger charge is 2.14. The van der Waals surface area contributed by atoms with E-state index in [1.807, 2.05) is 12.1 Å². The molecule has 23 heavy (non-hydrogen) atoms. The summed E-state index contributed by atoms with van der Waals surface area (Å²) in [6, 6.07) is 11.1. The number of ether oxygens (including phenoxy) is 1. The number of pyridine rings is 1. The SMILES string of the molecule is N#CCCN(Cc1cccnc1)C(=O)COc1ccc(F)cc1. The van der Waals surface area contributed by atoms with Gasteiger partial charge in [0.2, 0.25) is 0 Å². The average Bonchev–Trinajstić information content (AvgIpc) is 2.58. The molecule has 0 fully saturated rings. The first kappa shape index (κ1) is 16.4. The number of hydrogen-bond acceptors (Lipinski definition) is 4. The minimum Gasteiger partial charge on any atom is -0.484 e. The van der Waals surface area contributed by atoms with Crippen LogP contribution in [-0.2, 0) is 11.3 Å². The monoisotopic (exact) mass is 313 g/mol. The van der Waals surface area contributed by atoms with Gasteiger partial charge in [-0.2, -0.15) is 5.26 Å². The van der Waals surface area contributed by atoms with Crippen LogP contribution in [0.25, 0.3) is 0 Å². The Morgan fingerprint density at radius 3 is 2.74 bits per heavy atom. The third-order valence-electron chi connectivity index (χ3n) is 3.12. The molecule has 118 valence electrons. The van der Waals surface area contributed by atoms with Crippen molar-refractivity contribution in [1.29, 1.82) is 5.26 Å². The van der Waals surface area contributed by atoms with Crippen molar-refractivity contribution in [3.05, 3.63) is 60.2 Å². The minimum atomic E-state index is -0.365. The van der Waals surface area contributed by atoms with Crippen LogP contribution in [0.5, 0.6) is 5.75 Å². The van der Waals surface area contributed by atoms with Crippen molar-refractivity contribution in [1.82, 2.24) is 9.88 Å². The molecule has 2 rings (SSSR count). The molecule has 0 aliphatic rings. The van der Waals surface area contributed by atoms with Gasteiger partial charge in [0.25, 0.3) is 5.91 Å². The summed E-state index contributed by atoms with van der Waals surface area (Å²) in [7, 11) is 0. The molecule has 1 heterocycles. The second-order valence-electron chi connectivity index (χ2n) is 4.83. The lowest BCUT2D eigenvalue weighted by molar-refractivity contribution is -0.133. The number of carbonyl (C=O) groups is 1. The van der Waals surface area contributed by atoms with Gasteiger partial charge in [0, 0.05) is 25.5 Å². The molecular weight excluding hydrogens is 297 g/mol. The van der Waals surface area contributed by atoms with Gasteiger partial charge in [0.1, 0.15) is 11.6 Å². The molecule has 1 amide bonds. The Kier molecular flexibility index (Phi) is 6.07. The highest BCUT2D eigenvalue weighted by molar-refractivity contribution is 5.77. The standard InChI is InChI=1S/C17H16FN3O2/c18-15-4-6-16(7-5-15)23-13-17(22)21(10-2-8-19)12-14-3-1-9-20-11-14/h1,3-7,9,11H,2,10,12-13H2. The van der Waals surface area contributed by atoms with Gasteiger partial charge in [-0.25, -0.2) is 4.39 Å². The first-order valence-corrected chi connectivity index (χ1v) is 7.11. The molecular formula is C17H16FN3O2. The summed E-state index contributed by atoms with van der Waals surface area (Å²) >= 11 is 0. The molecule has 0 atom stereocenters. The van der Waals surface area contributed by atoms with Gasteiger partial charge in [-0.15, -0.1) is 0 Å². The van der Waals surface area contributed by atoms with Crippen LogP contribution in [0.1, 0.15) is 12.0 Å². The van der Waals surface area contributed by atoms with Gasteiger partial charge in [0.15, 0.2) is 6.61 Å². The summed E-state index contributed by atoms with van der Waals surface area (Å²) in [6.07, 6.45) is 3.57. The van der Waals surface area contributed by atoms with Crippen LogP contribution < -0.4 is 4.74 Å². The Morgan fingerprint density at radius 1 is 1.30 bits per heavy atom. The lowest BCUT2D eigenvalue weighted by Crippen LogP contribution is -2.35. The Bertz CT molecular complexity index is 668. The van der Waals surface area contributed by atoms with Gasteiger partial charge >= 0.3 is 0 Å². The maximum Gasteiger partial charge on any atom is 0.260 e. The Labute approximate surface area is 133 Å². The van der Waals surface area contributed by atoms with E-state index in [-0.39, 0.29) is 24.8 Å². The van der Waals surface area contributed by atoms with Crippen molar-refractivity contribution in [2.24, 2.45) is 0 Å². The van der Waals surface area contributed by atoms with Gasteiger partial charge in [-0.3, -0.25) is 9.78 Å². The van der Waals surface area contributed by atoms with E-state index < -0.39 is 0 Å². The normalized spacial score (nSPS) is 9.91. The van der Waals surface area contributed by atoms with Crippen LogP contribution in [0.15, 0.2) is 48.8 Å². The van der Waals surface area contributed by atoms with Crippen LogP contribution >= 0.6 is 0 Å². The van der Waals surface area contributed by atoms with Crippen LogP contribution in [0.4, 0.5) is 4.39 Å². The number of aromatic nitrogens is 1. The number of nitriles is 1. The zero-order valence-corrected chi connectivity index (χ0v) is 12.5. The molecule has 1 aromatic heterocycles. The summed E-state index contributed by atoms with van der Waals surface area (Å²) in [6.45, 7) is 0.509. The maximum atomic E-state index is 12.8. The highest BCUT2D eigenvalue weighted by atomic mass is 19.1. The lowest BCUT2D eigenvalue weighted by atomic mass is 10.2. The topological polar surface area (TPSA) is 66.2 Å². The van der Waals surface area contributed by atoms with Crippen LogP contribution in [0.3, 0.4) is 0 Å². The zero-order valence-electron chi connectivity index (χ0n) is 12.5. The molecule has 1 aromatic carbocycles. The molecule has 0 unspecified atom stereocenters. The molecule has 0 aliphatic heterocycles. The summed E-state index contributed by atoms with van der Waals surface area (Å²) in [5.41, 5.74) is 0.876. The molecule has 5 nitrogen and oxygen atoms in total. The zero-order chi connectivity index (χ0) is 16.5. The van der Waals surface area contributed by atoms with E-state index in [4.69, 9.17) is 10.00 Å². The van der Waals surface area contributed by atoms with Gasteiger partial charge in [-0.1, -0.05) is 6.07 Å². The molecule has 0 bridgehead atoms. The fraction of sp³-hybridized carbons (Fsp3) is 0.235. The first-order valence-electron chi connectivity index (χ1n) is 7.11. The molecule has 0 N–H and O–H groups in total. The van der Waals surface area contributed by atoms with Crippen LogP contribution in [0, 0.1) is 17.1 Å².